The number of benzene rings is 1. The number of nitrogens with one attached hydrogen (secondary N) is 2. The van der Waals surface area contributed by atoms with Crippen LogP contribution in [0.4, 0.5) is 10.1 Å². The van der Waals surface area contributed by atoms with Crippen LogP contribution in [0.25, 0.3) is 5.76 Å². The van der Waals surface area contributed by atoms with Crippen LogP contribution in [-0.2, 0) is 25.5 Å². The molecule has 2 aromatic rings. The Kier molecular flexibility index (Phi) is 7.73. The van der Waals surface area contributed by atoms with Crippen molar-refractivity contribution >= 4 is 29.2 Å². The molecule has 2 unspecified atom stereocenters. The van der Waals surface area contributed by atoms with Crippen molar-refractivity contribution in [3.8, 4) is 5.75 Å². The van der Waals surface area contributed by atoms with Gasteiger partial charge in [0.1, 0.15) is 12.4 Å². The molecule has 2 atom stereocenters. The molecule has 12 heteroatoms. The number of hydrogen-bond acceptors (Lipinski definition) is 8. The van der Waals surface area contributed by atoms with E-state index in [-0.39, 0.29) is 49.9 Å². The maximum Gasteiger partial charge on any atom is 0.360 e. The molecule has 1 aromatic heterocycles. The lowest BCUT2D eigenvalue weighted by molar-refractivity contribution is -0.135. The van der Waals surface area contributed by atoms with Gasteiger partial charge in [0.05, 0.1) is 25.8 Å². The molecule has 0 radical (unpaired) electrons. The summed E-state index contributed by atoms with van der Waals surface area (Å²) < 4.78 is 24.0. The molecule has 0 saturated heterocycles. The summed E-state index contributed by atoms with van der Waals surface area (Å²) in [4.78, 5) is 44.5. The SMILES string of the molecule is COCCNC(=O)C1=C(O)c2ncc(Cc3ccc(F)cc3)c3c2[N+](C)(CC(C(=O)NC(C)(C)CO)O3)C1=O. The second-order valence-electron chi connectivity index (χ2n) is 10.4. The number of nitrogens with zero attached hydrogens (tertiary/aromatic N) is 2. The summed E-state index contributed by atoms with van der Waals surface area (Å²) in [5.74, 6) is -2.93. The van der Waals surface area contributed by atoms with Crippen LogP contribution in [0.2, 0.25) is 0 Å². The average Bonchev–Trinajstić information content (AvgIpc) is 2.89. The van der Waals surface area contributed by atoms with Gasteiger partial charge in [0.15, 0.2) is 22.8 Å². The largest absolute Gasteiger partial charge is 0.504 e. The molecule has 208 valence electrons. The number of halogens is 1. The summed E-state index contributed by atoms with van der Waals surface area (Å²) in [5, 5.41) is 26.0. The van der Waals surface area contributed by atoms with Gasteiger partial charge < -0.3 is 30.3 Å². The van der Waals surface area contributed by atoms with Gasteiger partial charge in [0.2, 0.25) is 11.8 Å². The van der Waals surface area contributed by atoms with Crippen molar-refractivity contribution in [3.05, 3.63) is 58.7 Å². The third-order valence-electron chi connectivity index (χ3n) is 6.76. The Labute approximate surface area is 224 Å². The third-order valence-corrected chi connectivity index (χ3v) is 6.76. The lowest BCUT2D eigenvalue weighted by Crippen LogP contribution is -2.65. The molecule has 0 bridgehead atoms. The molecule has 2 aliphatic rings. The Morgan fingerprint density at radius 3 is 2.62 bits per heavy atom. The van der Waals surface area contributed by atoms with E-state index in [1.807, 2.05) is 0 Å². The number of aliphatic hydroxyl groups is 2. The van der Waals surface area contributed by atoms with E-state index in [0.29, 0.717) is 5.56 Å². The average molecular weight is 544 g/mol. The van der Waals surface area contributed by atoms with Gasteiger partial charge in [-0.25, -0.2) is 18.7 Å². The minimum absolute atomic E-state index is 0.0126. The number of aliphatic hydroxyl groups excluding tert-OH is 2. The normalized spacial score (nSPS) is 20.3. The number of amides is 3. The first-order valence-electron chi connectivity index (χ1n) is 12.4. The molecule has 0 aliphatic carbocycles. The van der Waals surface area contributed by atoms with Gasteiger partial charge in [0, 0.05) is 31.8 Å². The molecule has 1 aromatic carbocycles. The van der Waals surface area contributed by atoms with Gasteiger partial charge in [0.25, 0.3) is 11.8 Å². The van der Waals surface area contributed by atoms with Crippen LogP contribution in [0.1, 0.15) is 30.7 Å². The van der Waals surface area contributed by atoms with E-state index >= 15 is 0 Å². The Morgan fingerprint density at radius 1 is 1.28 bits per heavy atom. The molecule has 11 nitrogen and oxygen atoms in total. The highest BCUT2D eigenvalue weighted by Gasteiger charge is 2.56. The van der Waals surface area contributed by atoms with Gasteiger partial charge >= 0.3 is 5.91 Å². The first-order valence-corrected chi connectivity index (χ1v) is 12.4. The zero-order chi connectivity index (χ0) is 28.5. The van der Waals surface area contributed by atoms with Crippen molar-refractivity contribution in [2.45, 2.75) is 31.9 Å². The number of hydrogen-bond donors (Lipinski definition) is 4. The van der Waals surface area contributed by atoms with Crippen LogP contribution in [0, 0.1) is 5.82 Å². The number of quaternary nitrogens is 1. The highest BCUT2D eigenvalue weighted by Crippen LogP contribution is 2.48. The van der Waals surface area contributed by atoms with E-state index in [2.05, 4.69) is 15.6 Å². The topological polar surface area (TPSA) is 147 Å². The summed E-state index contributed by atoms with van der Waals surface area (Å²) in [6.07, 6.45) is 0.485. The standard InChI is InChI=1S/C27H31FN4O7/c1-27(2,14-33)31-24(35)18-13-32(3)21-20(22(34)19(26(32)37)25(36)29-9-10-38-4)30-12-16(23(21)39-18)11-15-5-7-17(28)8-6-15/h5-8,12,18,33H,9-11,13-14H2,1-4H3,(H2-,29,31,34,35,36,37)/p+1. The fourth-order valence-electron chi connectivity index (χ4n) is 4.64. The van der Waals surface area contributed by atoms with Crippen LogP contribution in [0.15, 0.2) is 36.0 Å². The predicted molar refractivity (Wildman–Crippen MR) is 139 cm³/mol. The van der Waals surface area contributed by atoms with Crippen molar-refractivity contribution in [1.82, 2.24) is 20.1 Å². The lowest BCUT2D eigenvalue weighted by Gasteiger charge is -2.42. The predicted octanol–water partition coefficient (Wildman–Crippen LogP) is 0.969. The zero-order valence-electron chi connectivity index (χ0n) is 22.2. The summed E-state index contributed by atoms with van der Waals surface area (Å²) in [5.41, 5.74) is -0.0200. The fraction of sp³-hybridized carbons (Fsp3) is 0.407. The number of ether oxygens (including phenoxy) is 2. The number of methoxy groups -OCH3 is 1. The maximum absolute atomic E-state index is 13.9. The van der Waals surface area contributed by atoms with Crippen LogP contribution < -0.4 is 19.9 Å². The van der Waals surface area contributed by atoms with Crippen molar-refractivity contribution in [1.29, 1.82) is 0 Å². The monoisotopic (exact) mass is 543 g/mol. The van der Waals surface area contributed by atoms with Gasteiger partial charge in [-0.05, 0) is 31.5 Å². The molecule has 3 amide bonds. The maximum atomic E-state index is 13.9. The summed E-state index contributed by atoms with van der Waals surface area (Å²) in [7, 11) is 2.99. The number of carbonyl (C=O) groups excluding carboxylic acids is 3. The number of aromatic nitrogens is 1. The Hall–Kier alpha value is -3.87. The number of carbonyl (C=O) groups is 3. The highest BCUT2D eigenvalue weighted by molar-refractivity contribution is 6.28. The summed E-state index contributed by atoms with van der Waals surface area (Å²) in [6.45, 7) is 3.04. The second-order valence-corrected chi connectivity index (χ2v) is 10.4. The summed E-state index contributed by atoms with van der Waals surface area (Å²) in [6, 6.07) is 5.82. The quantitative estimate of drug-likeness (QED) is 0.208. The fourth-order valence-corrected chi connectivity index (χ4v) is 4.64. The Bertz CT molecular complexity index is 1340. The molecule has 39 heavy (non-hydrogen) atoms. The number of pyridine rings is 1. The van der Waals surface area contributed by atoms with Gasteiger partial charge in [-0.3, -0.25) is 9.59 Å². The molecule has 2 aliphatic heterocycles. The molecular formula is C27H32FN4O7+. The van der Waals surface area contributed by atoms with Gasteiger partial charge in [-0.1, -0.05) is 12.1 Å². The van der Waals surface area contributed by atoms with Crippen LogP contribution in [-0.4, -0.2) is 85.0 Å². The Balaban J connectivity index is 1.84. The summed E-state index contributed by atoms with van der Waals surface area (Å²) >= 11 is 0. The lowest BCUT2D eigenvalue weighted by atomic mass is 9.94. The van der Waals surface area contributed by atoms with Crippen LogP contribution in [0.3, 0.4) is 0 Å². The first-order chi connectivity index (χ1) is 18.4. The van der Waals surface area contributed by atoms with E-state index in [0.717, 1.165) is 5.56 Å². The van der Waals surface area contributed by atoms with E-state index in [1.165, 1.54) is 32.5 Å². The molecule has 0 spiro atoms. The van der Waals surface area contributed by atoms with Crippen molar-refractivity contribution in [3.63, 3.8) is 0 Å². The molecular weight excluding hydrogens is 511 g/mol. The highest BCUT2D eigenvalue weighted by atomic mass is 19.1. The van der Waals surface area contributed by atoms with E-state index in [4.69, 9.17) is 9.47 Å². The molecule has 3 heterocycles. The smallest absolute Gasteiger partial charge is 0.360 e. The zero-order valence-corrected chi connectivity index (χ0v) is 22.2. The van der Waals surface area contributed by atoms with Crippen molar-refractivity contribution in [2.75, 3.05) is 40.5 Å². The van der Waals surface area contributed by atoms with E-state index in [1.54, 1.807) is 26.0 Å². The number of likely N-dealkylation sites (N-methyl/N-ethyl adjacent to an activating group) is 1. The second kappa shape index (κ2) is 10.7. The van der Waals surface area contributed by atoms with Crippen molar-refractivity contribution < 1.29 is 38.5 Å². The molecule has 0 fully saturated rings. The van der Waals surface area contributed by atoms with E-state index in [9.17, 15) is 29.0 Å². The molecule has 4 rings (SSSR count). The third kappa shape index (κ3) is 5.35. The van der Waals surface area contributed by atoms with Gasteiger partial charge in [-0.15, -0.1) is 0 Å². The van der Waals surface area contributed by atoms with Crippen LogP contribution in [0.5, 0.6) is 5.75 Å². The van der Waals surface area contributed by atoms with Gasteiger partial charge in [-0.2, -0.15) is 0 Å². The van der Waals surface area contributed by atoms with Crippen molar-refractivity contribution in [2.24, 2.45) is 0 Å². The molecule has 0 saturated carbocycles. The first kappa shape index (κ1) is 28.1. The molecule has 4 N–H and O–H groups in total. The minimum atomic E-state index is -1.18. The van der Waals surface area contributed by atoms with E-state index < -0.39 is 51.0 Å². The number of rotatable bonds is 9. The Morgan fingerprint density at radius 2 is 1.97 bits per heavy atom. The minimum Gasteiger partial charge on any atom is -0.504 e. The van der Waals surface area contributed by atoms with Crippen LogP contribution >= 0.6 is 0 Å².